The maximum absolute atomic E-state index is 13.1. The first-order chi connectivity index (χ1) is 12.1. The van der Waals surface area contributed by atoms with Crippen molar-refractivity contribution in [1.82, 2.24) is 4.98 Å². The quantitative estimate of drug-likeness (QED) is 0.537. The SMILES string of the molecule is Cc1ccc(S(=O)(=O)N(C#Cc2ccccn2)c2ccccc2)cc1. The highest BCUT2D eigenvalue weighted by Gasteiger charge is 2.23. The number of sulfonamides is 1. The van der Waals surface area contributed by atoms with Gasteiger partial charge < -0.3 is 0 Å². The zero-order valence-electron chi connectivity index (χ0n) is 13.6. The van der Waals surface area contributed by atoms with Crippen LogP contribution in [0.1, 0.15) is 11.3 Å². The molecule has 1 heterocycles. The molecule has 3 rings (SSSR count). The van der Waals surface area contributed by atoms with Crippen LogP contribution in [-0.4, -0.2) is 13.4 Å². The van der Waals surface area contributed by atoms with Crippen molar-refractivity contribution < 1.29 is 8.42 Å². The monoisotopic (exact) mass is 348 g/mol. The number of hydrogen-bond donors (Lipinski definition) is 0. The first kappa shape index (κ1) is 16.7. The predicted octanol–water partition coefficient (Wildman–Crippen LogP) is 3.59. The lowest BCUT2D eigenvalue weighted by Gasteiger charge is -2.18. The van der Waals surface area contributed by atoms with Crippen LogP contribution in [0.15, 0.2) is 83.9 Å². The van der Waals surface area contributed by atoms with E-state index in [1.807, 2.05) is 13.0 Å². The molecule has 0 atom stereocenters. The van der Waals surface area contributed by atoms with Crippen LogP contribution in [0.3, 0.4) is 0 Å². The molecule has 0 aliphatic carbocycles. The number of para-hydroxylation sites is 1. The fraction of sp³-hybridized carbons (Fsp3) is 0.0500. The van der Waals surface area contributed by atoms with Crippen molar-refractivity contribution in [3.8, 4) is 12.0 Å². The average Bonchev–Trinajstić information content (AvgIpc) is 2.64. The number of aromatic nitrogens is 1. The van der Waals surface area contributed by atoms with E-state index in [9.17, 15) is 8.42 Å². The standard InChI is InChI=1S/C20H16N2O2S/c1-17-10-12-20(13-11-17)25(23,24)22(19-8-3-2-4-9-19)16-14-18-7-5-6-15-21-18/h2-13,15H,1H3. The second kappa shape index (κ2) is 7.20. The van der Waals surface area contributed by atoms with Crippen LogP contribution in [0.4, 0.5) is 5.69 Å². The summed E-state index contributed by atoms with van der Waals surface area (Å²) in [5, 5.41) is 0. The molecule has 1 aromatic heterocycles. The van der Waals surface area contributed by atoms with E-state index in [-0.39, 0.29) is 4.90 Å². The third-order valence-electron chi connectivity index (χ3n) is 3.50. The molecule has 0 aliphatic heterocycles. The Morgan fingerprint density at radius 1 is 0.880 bits per heavy atom. The number of pyridine rings is 1. The van der Waals surface area contributed by atoms with E-state index in [1.165, 1.54) is 0 Å². The number of hydrogen-bond acceptors (Lipinski definition) is 3. The molecule has 3 aromatic rings. The highest BCUT2D eigenvalue weighted by molar-refractivity contribution is 7.93. The van der Waals surface area contributed by atoms with Crippen LogP contribution >= 0.6 is 0 Å². The highest BCUT2D eigenvalue weighted by atomic mass is 32.2. The summed E-state index contributed by atoms with van der Waals surface area (Å²) in [6, 6.07) is 23.5. The van der Waals surface area contributed by atoms with Crippen molar-refractivity contribution in [3.05, 3.63) is 90.3 Å². The van der Waals surface area contributed by atoms with Gasteiger partial charge in [0.2, 0.25) is 0 Å². The number of nitrogens with zero attached hydrogens (tertiary/aromatic N) is 2. The maximum atomic E-state index is 13.1. The zero-order valence-corrected chi connectivity index (χ0v) is 14.4. The van der Waals surface area contributed by atoms with E-state index in [1.54, 1.807) is 72.9 Å². The van der Waals surface area contributed by atoms with E-state index in [4.69, 9.17) is 0 Å². The lowest BCUT2D eigenvalue weighted by atomic mass is 10.2. The molecule has 124 valence electrons. The summed E-state index contributed by atoms with van der Waals surface area (Å²) in [6.07, 6.45) is 1.62. The Morgan fingerprint density at radius 2 is 1.56 bits per heavy atom. The first-order valence-corrected chi connectivity index (χ1v) is 9.11. The van der Waals surface area contributed by atoms with Crippen molar-refractivity contribution in [3.63, 3.8) is 0 Å². The van der Waals surface area contributed by atoms with Gasteiger partial charge in [-0.05, 0) is 49.2 Å². The van der Waals surface area contributed by atoms with Crippen molar-refractivity contribution in [2.24, 2.45) is 0 Å². The second-order valence-corrected chi connectivity index (χ2v) is 7.16. The summed E-state index contributed by atoms with van der Waals surface area (Å²) in [5.41, 5.74) is 1.97. The van der Waals surface area contributed by atoms with Gasteiger partial charge in [0.05, 0.1) is 10.6 Å². The number of benzene rings is 2. The molecule has 0 aliphatic rings. The lowest BCUT2D eigenvalue weighted by molar-refractivity contribution is 0.596. The van der Waals surface area contributed by atoms with E-state index in [0.717, 1.165) is 9.87 Å². The van der Waals surface area contributed by atoms with Gasteiger partial charge in [-0.1, -0.05) is 42.0 Å². The number of rotatable bonds is 3. The Morgan fingerprint density at radius 3 is 2.20 bits per heavy atom. The average molecular weight is 348 g/mol. The van der Waals surface area contributed by atoms with Gasteiger partial charge in [0.15, 0.2) is 0 Å². The minimum Gasteiger partial charge on any atom is -0.248 e. The van der Waals surface area contributed by atoms with Crippen LogP contribution in [0.25, 0.3) is 0 Å². The van der Waals surface area contributed by atoms with Crippen LogP contribution in [-0.2, 0) is 10.0 Å². The van der Waals surface area contributed by atoms with Crippen molar-refractivity contribution in [2.45, 2.75) is 11.8 Å². The summed E-state index contributed by atoms with van der Waals surface area (Å²) in [7, 11) is -3.81. The second-order valence-electron chi connectivity index (χ2n) is 5.37. The van der Waals surface area contributed by atoms with E-state index in [0.29, 0.717) is 11.4 Å². The van der Waals surface area contributed by atoms with Gasteiger partial charge in [-0.3, -0.25) is 0 Å². The maximum Gasteiger partial charge on any atom is 0.275 e. The minimum absolute atomic E-state index is 0.192. The smallest absolute Gasteiger partial charge is 0.248 e. The van der Waals surface area contributed by atoms with Gasteiger partial charge in [-0.25, -0.2) is 13.4 Å². The Bertz CT molecular complexity index is 1000. The van der Waals surface area contributed by atoms with Gasteiger partial charge >= 0.3 is 0 Å². The Kier molecular flexibility index (Phi) is 4.82. The fourth-order valence-electron chi connectivity index (χ4n) is 2.19. The Labute approximate surface area is 147 Å². The summed E-state index contributed by atoms with van der Waals surface area (Å²) < 4.78 is 27.2. The predicted molar refractivity (Wildman–Crippen MR) is 98.4 cm³/mol. The third kappa shape index (κ3) is 3.87. The molecular formula is C20H16N2O2S. The number of anilines is 1. The molecule has 0 bridgehead atoms. The van der Waals surface area contributed by atoms with Crippen LogP contribution in [0.2, 0.25) is 0 Å². The minimum atomic E-state index is -3.81. The van der Waals surface area contributed by atoms with Crippen LogP contribution in [0, 0.1) is 18.9 Å². The third-order valence-corrected chi connectivity index (χ3v) is 5.15. The normalized spacial score (nSPS) is 10.6. The largest absolute Gasteiger partial charge is 0.275 e. The molecule has 0 N–H and O–H groups in total. The molecule has 0 unspecified atom stereocenters. The van der Waals surface area contributed by atoms with E-state index in [2.05, 4.69) is 16.9 Å². The molecular weight excluding hydrogens is 332 g/mol. The molecule has 0 saturated carbocycles. The van der Waals surface area contributed by atoms with Crippen molar-refractivity contribution in [2.75, 3.05) is 4.31 Å². The summed E-state index contributed by atoms with van der Waals surface area (Å²) in [4.78, 5) is 4.31. The molecule has 0 fully saturated rings. The zero-order chi connectivity index (χ0) is 17.7. The molecule has 4 nitrogen and oxygen atoms in total. The van der Waals surface area contributed by atoms with Crippen LogP contribution in [0.5, 0.6) is 0 Å². The molecule has 0 radical (unpaired) electrons. The Balaban J connectivity index is 2.08. The molecule has 0 amide bonds. The highest BCUT2D eigenvalue weighted by Crippen LogP contribution is 2.23. The summed E-state index contributed by atoms with van der Waals surface area (Å²) in [5.74, 6) is 2.82. The molecule has 0 saturated heterocycles. The van der Waals surface area contributed by atoms with Crippen molar-refractivity contribution >= 4 is 15.7 Å². The molecule has 5 heteroatoms. The molecule has 25 heavy (non-hydrogen) atoms. The van der Waals surface area contributed by atoms with Gasteiger partial charge in [0.25, 0.3) is 10.0 Å². The first-order valence-electron chi connectivity index (χ1n) is 7.67. The van der Waals surface area contributed by atoms with Gasteiger partial charge in [0.1, 0.15) is 5.69 Å². The Hall–Kier alpha value is -3.10. The van der Waals surface area contributed by atoms with E-state index < -0.39 is 10.0 Å². The van der Waals surface area contributed by atoms with Gasteiger partial charge in [0, 0.05) is 12.2 Å². The lowest BCUT2D eigenvalue weighted by Crippen LogP contribution is -2.26. The summed E-state index contributed by atoms with van der Waals surface area (Å²) >= 11 is 0. The van der Waals surface area contributed by atoms with Crippen molar-refractivity contribution in [1.29, 1.82) is 0 Å². The van der Waals surface area contributed by atoms with Gasteiger partial charge in [-0.15, -0.1) is 0 Å². The molecule has 0 spiro atoms. The van der Waals surface area contributed by atoms with E-state index >= 15 is 0 Å². The van der Waals surface area contributed by atoms with Crippen LogP contribution < -0.4 is 4.31 Å². The topological polar surface area (TPSA) is 50.3 Å². The van der Waals surface area contributed by atoms with Gasteiger partial charge in [-0.2, -0.15) is 4.31 Å². The summed E-state index contributed by atoms with van der Waals surface area (Å²) in [6.45, 7) is 1.91. The number of aryl methyl sites for hydroxylation is 1. The molecule has 2 aromatic carbocycles. The fourth-order valence-corrected chi connectivity index (χ4v) is 3.44.